The number of amides is 1. The fourth-order valence-electron chi connectivity index (χ4n) is 3.27. The number of rotatable bonds is 3. The lowest BCUT2D eigenvalue weighted by molar-refractivity contribution is 0.0783. The van der Waals surface area contributed by atoms with Crippen LogP contribution in [0.1, 0.15) is 34.5 Å². The van der Waals surface area contributed by atoms with Crippen molar-refractivity contribution in [3.05, 3.63) is 58.6 Å². The number of fused-ring (bicyclic) bond motifs is 1. The molecule has 3 heterocycles. The summed E-state index contributed by atoms with van der Waals surface area (Å²) >= 11 is 1.71. The second-order valence-electron chi connectivity index (χ2n) is 6.28. The van der Waals surface area contributed by atoms with Crippen LogP contribution in [0, 0.1) is 6.92 Å². The summed E-state index contributed by atoms with van der Waals surface area (Å²) in [6.45, 7) is 4.63. The molecule has 0 atom stereocenters. The van der Waals surface area contributed by atoms with Crippen molar-refractivity contribution in [2.75, 3.05) is 13.1 Å². The highest BCUT2D eigenvalue weighted by atomic mass is 32.1. The van der Waals surface area contributed by atoms with Crippen molar-refractivity contribution in [3.8, 4) is 0 Å². The van der Waals surface area contributed by atoms with Gasteiger partial charge in [0.2, 0.25) is 0 Å². The smallest absolute Gasteiger partial charge is 0.270 e. The highest BCUT2D eigenvalue weighted by molar-refractivity contribution is 7.16. The minimum absolute atomic E-state index is 0.179. The van der Waals surface area contributed by atoms with Gasteiger partial charge in [-0.15, -0.1) is 11.3 Å². The second kappa shape index (κ2) is 5.85. The Morgan fingerprint density at radius 2 is 1.87 bits per heavy atom. The lowest BCUT2D eigenvalue weighted by Crippen LogP contribution is -2.29. The van der Waals surface area contributed by atoms with Crippen molar-refractivity contribution in [3.63, 3.8) is 0 Å². The number of hydrogen-bond acceptors (Lipinski definition) is 2. The molecule has 0 spiro atoms. The summed E-state index contributed by atoms with van der Waals surface area (Å²) in [6.07, 6.45) is 2.25. The number of carbonyl (C=O) groups is 1. The van der Waals surface area contributed by atoms with E-state index in [1.165, 1.54) is 21.3 Å². The zero-order chi connectivity index (χ0) is 15.8. The second-order valence-corrected chi connectivity index (χ2v) is 7.18. The van der Waals surface area contributed by atoms with Crippen molar-refractivity contribution in [1.82, 2.24) is 9.47 Å². The van der Waals surface area contributed by atoms with Gasteiger partial charge >= 0.3 is 0 Å². The van der Waals surface area contributed by atoms with Gasteiger partial charge in [0.1, 0.15) is 10.5 Å². The molecule has 1 aliphatic rings. The molecule has 0 aliphatic carbocycles. The monoisotopic (exact) mass is 324 g/mol. The Morgan fingerprint density at radius 3 is 2.61 bits per heavy atom. The first kappa shape index (κ1) is 14.5. The van der Waals surface area contributed by atoms with Crippen LogP contribution < -0.4 is 0 Å². The van der Waals surface area contributed by atoms with Gasteiger partial charge in [0, 0.05) is 25.0 Å². The summed E-state index contributed by atoms with van der Waals surface area (Å²) in [5, 5.41) is 3.27. The number of thiophene rings is 1. The molecule has 0 unspecified atom stereocenters. The van der Waals surface area contributed by atoms with Crippen LogP contribution in [-0.2, 0) is 6.54 Å². The standard InChI is InChI=1S/C19H20N2OS/c1-14-4-6-15(7-5-14)13-21-17(12-16-8-11-23-19(16)21)18(22)20-9-2-3-10-20/h4-8,11-12H,2-3,9-10,13H2,1H3. The maximum absolute atomic E-state index is 12.9. The minimum Gasteiger partial charge on any atom is -0.337 e. The van der Waals surface area contributed by atoms with Gasteiger partial charge in [-0.1, -0.05) is 29.8 Å². The number of benzene rings is 1. The summed E-state index contributed by atoms with van der Waals surface area (Å²) in [6, 6.07) is 12.7. The van der Waals surface area contributed by atoms with E-state index in [1.807, 2.05) is 4.90 Å². The Kier molecular flexibility index (Phi) is 3.69. The van der Waals surface area contributed by atoms with Gasteiger partial charge in [-0.05, 0) is 42.8 Å². The van der Waals surface area contributed by atoms with E-state index >= 15 is 0 Å². The Labute approximate surface area is 140 Å². The van der Waals surface area contributed by atoms with Crippen LogP contribution in [-0.4, -0.2) is 28.5 Å². The molecule has 1 amide bonds. The van der Waals surface area contributed by atoms with E-state index in [1.54, 1.807) is 11.3 Å². The molecular weight excluding hydrogens is 304 g/mol. The predicted molar refractivity (Wildman–Crippen MR) is 95.2 cm³/mol. The number of aromatic nitrogens is 1. The van der Waals surface area contributed by atoms with Crippen molar-refractivity contribution >= 4 is 27.5 Å². The molecule has 1 saturated heterocycles. The van der Waals surface area contributed by atoms with Gasteiger partial charge < -0.3 is 9.47 Å². The topological polar surface area (TPSA) is 25.2 Å². The summed E-state index contributed by atoms with van der Waals surface area (Å²) in [7, 11) is 0. The van der Waals surface area contributed by atoms with Crippen LogP contribution in [0.5, 0.6) is 0 Å². The largest absolute Gasteiger partial charge is 0.337 e. The van der Waals surface area contributed by atoms with Crippen molar-refractivity contribution in [2.24, 2.45) is 0 Å². The van der Waals surface area contributed by atoms with E-state index in [4.69, 9.17) is 0 Å². The third-order valence-corrected chi connectivity index (χ3v) is 5.53. The zero-order valence-corrected chi connectivity index (χ0v) is 14.1. The van der Waals surface area contributed by atoms with Gasteiger partial charge in [0.05, 0.1) is 0 Å². The first-order valence-corrected chi connectivity index (χ1v) is 9.02. The summed E-state index contributed by atoms with van der Waals surface area (Å²) in [4.78, 5) is 16.1. The van der Waals surface area contributed by atoms with Crippen LogP contribution >= 0.6 is 11.3 Å². The first-order valence-electron chi connectivity index (χ1n) is 8.14. The van der Waals surface area contributed by atoms with Crippen LogP contribution in [0.4, 0.5) is 0 Å². The molecule has 2 aromatic heterocycles. The van der Waals surface area contributed by atoms with Gasteiger partial charge in [0.15, 0.2) is 0 Å². The Bertz CT molecular complexity index is 838. The van der Waals surface area contributed by atoms with Crippen LogP contribution in [0.2, 0.25) is 0 Å². The maximum Gasteiger partial charge on any atom is 0.270 e. The maximum atomic E-state index is 12.9. The molecule has 1 fully saturated rings. The van der Waals surface area contributed by atoms with E-state index in [0.717, 1.165) is 38.2 Å². The average molecular weight is 324 g/mol. The molecule has 0 bridgehead atoms. The fourth-order valence-corrected chi connectivity index (χ4v) is 4.16. The summed E-state index contributed by atoms with van der Waals surface area (Å²) in [5.41, 5.74) is 3.32. The molecular formula is C19H20N2OS. The molecule has 4 rings (SSSR count). The molecule has 3 aromatic rings. The predicted octanol–water partition coefficient (Wildman–Crippen LogP) is 4.30. The molecule has 23 heavy (non-hydrogen) atoms. The number of hydrogen-bond donors (Lipinski definition) is 0. The minimum atomic E-state index is 0.179. The van der Waals surface area contributed by atoms with E-state index in [2.05, 4.69) is 53.3 Å². The van der Waals surface area contributed by atoms with E-state index in [9.17, 15) is 4.79 Å². The lowest BCUT2D eigenvalue weighted by atomic mass is 10.1. The van der Waals surface area contributed by atoms with Gasteiger partial charge in [0.25, 0.3) is 5.91 Å². The van der Waals surface area contributed by atoms with Crippen LogP contribution in [0.25, 0.3) is 10.2 Å². The number of nitrogens with zero attached hydrogens (tertiary/aromatic N) is 2. The molecule has 1 aromatic carbocycles. The Hall–Kier alpha value is -2.07. The SMILES string of the molecule is Cc1ccc(Cn2c(C(=O)N3CCCC3)cc3ccsc32)cc1. The molecule has 0 saturated carbocycles. The van der Waals surface area contributed by atoms with Crippen LogP contribution in [0.15, 0.2) is 41.8 Å². The van der Waals surface area contributed by atoms with E-state index in [0.29, 0.717) is 0 Å². The number of likely N-dealkylation sites (tertiary alicyclic amines) is 1. The normalized spacial score (nSPS) is 14.7. The van der Waals surface area contributed by atoms with Crippen LogP contribution in [0.3, 0.4) is 0 Å². The summed E-state index contributed by atoms with van der Waals surface area (Å²) < 4.78 is 2.19. The molecule has 1 aliphatic heterocycles. The fraction of sp³-hybridized carbons (Fsp3) is 0.316. The Morgan fingerprint density at radius 1 is 1.13 bits per heavy atom. The van der Waals surface area contributed by atoms with Crippen molar-refractivity contribution in [2.45, 2.75) is 26.3 Å². The van der Waals surface area contributed by atoms with Gasteiger partial charge in [-0.3, -0.25) is 4.79 Å². The molecule has 0 N–H and O–H groups in total. The quantitative estimate of drug-likeness (QED) is 0.705. The highest BCUT2D eigenvalue weighted by Crippen LogP contribution is 2.28. The average Bonchev–Trinajstić information content (AvgIpc) is 3.27. The van der Waals surface area contributed by atoms with Crippen molar-refractivity contribution < 1.29 is 4.79 Å². The summed E-state index contributed by atoms with van der Waals surface area (Å²) in [5.74, 6) is 0.179. The zero-order valence-electron chi connectivity index (χ0n) is 13.3. The third-order valence-electron chi connectivity index (χ3n) is 4.58. The molecule has 0 radical (unpaired) electrons. The highest BCUT2D eigenvalue weighted by Gasteiger charge is 2.24. The van der Waals surface area contributed by atoms with E-state index < -0.39 is 0 Å². The number of carbonyl (C=O) groups excluding carboxylic acids is 1. The number of aryl methyl sites for hydroxylation is 1. The van der Waals surface area contributed by atoms with E-state index in [-0.39, 0.29) is 5.91 Å². The molecule has 118 valence electrons. The molecule has 4 heteroatoms. The third kappa shape index (κ3) is 2.68. The molecule has 3 nitrogen and oxygen atoms in total. The Balaban J connectivity index is 1.73. The lowest BCUT2D eigenvalue weighted by Gasteiger charge is -2.17. The van der Waals surface area contributed by atoms with Crippen molar-refractivity contribution in [1.29, 1.82) is 0 Å². The van der Waals surface area contributed by atoms with Gasteiger partial charge in [-0.2, -0.15) is 0 Å². The van der Waals surface area contributed by atoms with Gasteiger partial charge in [-0.25, -0.2) is 0 Å². The first-order chi connectivity index (χ1) is 11.2.